The number of ether oxygens (including phenoxy) is 2. The number of methoxy groups -OCH3 is 2. The van der Waals surface area contributed by atoms with Crippen molar-refractivity contribution in [1.29, 1.82) is 0 Å². The van der Waals surface area contributed by atoms with E-state index in [2.05, 4.69) is 4.90 Å². The van der Waals surface area contributed by atoms with Crippen molar-refractivity contribution < 1.29 is 14.6 Å². The highest BCUT2D eigenvalue weighted by Crippen LogP contribution is 2.17. The maximum Gasteiger partial charge on any atom is 0.0916 e. The highest BCUT2D eigenvalue weighted by Gasteiger charge is 2.13. The number of nitrogens with zero attached hydrogens (tertiary/aromatic N) is 1. The fourth-order valence-corrected chi connectivity index (χ4v) is 1.90. The Morgan fingerprint density at radius 1 is 1.11 bits per heavy atom. The summed E-state index contributed by atoms with van der Waals surface area (Å²) < 4.78 is 10.1. The van der Waals surface area contributed by atoms with Crippen LogP contribution in [0.3, 0.4) is 0 Å². The quantitative estimate of drug-likeness (QED) is 0.754. The van der Waals surface area contributed by atoms with E-state index < -0.39 is 6.10 Å². The molecule has 0 spiro atoms. The summed E-state index contributed by atoms with van der Waals surface area (Å²) >= 11 is 5.83. The normalized spacial score (nSPS) is 12.9. The molecular weight excluding hydrogens is 266 g/mol. The molecule has 0 aliphatic heterocycles. The zero-order chi connectivity index (χ0) is 14.1. The molecular formula is C14H22ClNO3. The van der Waals surface area contributed by atoms with Crippen LogP contribution < -0.4 is 0 Å². The summed E-state index contributed by atoms with van der Waals surface area (Å²) in [6, 6.07) is 7.26. The van der Waals surface area contributed by atoms with Gasteiger partial charge in [0.25, 0.3) is 0 Å². The minimum absolute atomic E-state index is 0.536. The molecule has 0 radical (unpaired) electrons. The number of rotatable bonds is 9. The van der Waals surface area contributed by atoms with Crippen LogP contribution in [0.1, 0.15) is 11.7 Å². The van der Waals surface area contributed by atoms with Gasteiger partial charge in [-0.05, 0) is 17.7 Å². The molecule has 0 unspecified atom stereocenters. The second-order valence-corrected chi connectivity index (χ2v) is 4.79. The molecule has 0 saturated heterocycles. The van der Waals surface area contributed by atoms with Crippen molar-refractivity contribution in [1.82, 2.24) is 4.90 Å². The van der Waals surface area contributed by atoms with Gasteiger partial charge >= 0.3 is 0 Å². The summed E-state index contributed by atoms with van der Waals surface area (Å²) in [5.41, 5.74) is 0.865. The Morgan fingerprint density at radius 2 is 1.63 bits per heavy atom. The van der Waals surface area contributed by atoms with E-state index in [0.717, 1.165) is 18.7 Å². The fourth-order valence-electron chi connectivity index (χ4n) is 1.77. The predicted molar refractivity (Wildman–Crippen MR) is 76.6 cm³/mol. The van der Waals surface area contributed by atoms with Crippen LogP contribution in [0.25, 0.3) is 0 Å². The number of aliphatic hydroxyl groups is 1. The molecule has 4 nitrogen and oxygen atoms in total. The smallest absolute Gasteiger partial charge is 0.0916 e. The lowest BCUT2D eigenvalue weighted by Crippen LogP contribution is -2.34. The number of aliphatic hydroxyl groups excluding tert-OH is 1. The summed E-state index contributed by atoms with van der Waals surface area (Å²) in [6.45, 7) is 3.36. The first-order chi connectivity index (χ1) is 9.17. The zero-order valence-corrected chi connectivity index (χ0v) is 12.3. The molecule has 0 amide bonds. The summed E-state index contributed by atoms with van der Waals surface area (Å²) in [5.74, 6) is 0. The summed E-state index contributed by atoms with van der Waals surface area (Å²) in [6.07, 6.45) is -0.536. The monoisotopic (exact) mass is 287 g/mol. The molecule has 1 aromatic carbocycles. The van der Waals surface area contributed by atoms with Crippen LogP contribution in [0.2, 0.25) is 5.02 Å². The Bertz CT molecular complexity index is 337. The molecule has 1 aromatic rings. The van der Waals surface area contributed by atoms with E-state index in [0.29, 0.717) is 24.8 Å². The van der Waals surface area contributed by atoms with Crippen molar-refractivity contribution in [2.75, 3.05) is 47.1 Å². The van der Waals surface area contributed by atoms with E-state index in [9.17, 15) is 5.11 Å². The molecule has 1 atom stereocenters. The summed E-state index contributed by atoms with van der Waals surface area (Å²) in [5, 5.41) is 10.9. The lowest BCUT2D eigenvalue weighted by molar-refractivity contribution is 0.0697. The van der Waals surface area contributed by atoms with Crippen molar-refractivity contribution in [2.24, 2.45) is 0 Å². The van der Waals surface area contributed by atoms with Crippen molar-refractivity contribution in [2.45, 2.75) is 6.10 Å². The average molecular weight is 288 g/mol. The third-order valence-electron chi connectivity index (χ3n) is 2.91. The lowest BCUT2D eigenvalue weighted by Gasteiger charge is -2.24. The van der Waals surface area contributed by atoms with Gasteiger partial charge in [-0.15, -0.1) is 0 Å². The number of hydrogen-bond acceptors (Lipinski definition) is 4. The molecule has 0 fully saturated rings. The van der Waals surface area contributed by atoms with Crippen LogP contribution in [-0.2, 0) is 9.47 Å². The Labute approximate surface area is 119 Å². The van der Waals surface area contributed by atoms with Gasteiger partial charge in [0.05, 0.1) is 19.3 Å². The Kier molecular flexibility index (Phi) is 8.02. The minimum atomic E-state index is -0.536. The predicted octanol–water partition coefficient (Wildman–Crippen LogP) is 1.97. The molecule has 0 bridgehead atoms. The van der Waals surface area contributed by atoms with Gasteiger partial charge in [0.1, 0.15) is 0 Å². The van der Waals surface area contributed by atoms with Gasteiger partial charge in [0.2, 0.25) is 0 Å². The van der Waals surface area contributed by atoms with Crippen molar-refractivity contribution in [3.8, 4) is 0 Å². The van der Waals surface area contributed by atoms with Gasteiger partial charge in [-0.25, -0.2) is 0 Å². The van der Waals surface area contributed by atoms with Crippen LogP contribution in [0.5, 0.6) is 0 Å². The van der Waals surface area contributed by atoms with Crippen LogP contribution >= 0.6 is 11.6 Å². The van der Waals surface area contributed by atoms with Crippen molar-refractivity contribution >= 4 is 11.6 Å². The standard InChI is InChI=1S/C14H22ClNO3/c1-18-9-7-16(8-10-19-2)11-14(17)12-3-5-13(15)6-4-12/h3-6,14,17H,7-11H2,1-2H3/t14-/m0/s1. The van der Waals surface area contributed by atoms with Gasteiger partial charge in [0.15, 0.2) is 0 Å². The number of hydrogen-bond donors (Lipinski definition) is 1. The van der Waals surface area contributed by atoms with Gasteiger partial charge in [-0.3, -0.25) is 4.90 Å². The van der Waals surface area contributed by atoms with Crippen LogP contribution in [0, 0.1) is 0 Å². The molecule has 0 aliphatic carbocycles. The lowest BCUT2D eigenvalue weighted by atomic mass is 10.1. The molecule has 1 N–H and O–H groups in total. The zero-order valence-electron chi connectivity index (χ0n) is 11.5. The number of benzene rings is 1. The van der Waals surface area contributed by atoms with Crippen molar-refractivity contribution in [3.63, 3.8) is 0 Å². The Morgan fingerprint density at radius 3 is 2.11 bits per heavy atom. The highest BCUT2D eigenvalue weighted by molar-refractivity contribution is 6.30. The summed E-state index contributed by atoms with van der Waals surface area (Å²) in [4.78, 5) is 2.12. The second kappa shape index (κ2) is 9.28. The van der Waals surface area contributed by atoms with Gasteiger partial charge in [-0.2, -0.15) is 0 Å². The molecule has 1 rings (SSSR count). The SMILES string of the molecule is COCCN(CCOC)C[C@H](O)c1ccc(Cl)cc1. The number of halogens is 1. The Hall–Kier alpha value is -0.650. The largest absolute Gasteiger partial charge is 0.387 e. The Balaban J connectivity index is 2.53. The van der Waals surface area contributed by atoms with E-state index in [-0.39, 0.29) is 0 Å². The molecule has 0 aromatic heterocycles. The molecule has 0 heterocycles. The van der Waals surface area contributed by atoms with Crippen molar-refractivity contribution in [3.05, 3.63) is 34.9 Å². The first-order valence-electron chi connectivity index (χ1n) is 6.31. The molecule has 5 heteroatoms. The van der Waals surface area contributed by atoms with Gasteiger partial charge in [-0.1, -0.05) is 23.7 Å². The van der Waals surface area contributed by atoms with Crippen LogP contribution in [-0.4, -0.2) is 57.1 Å². The average Bonchev–Trinajstić information content (AvgIpc) is 2.42. The third-order valence-corrected chi connectivity index (χ3v) is 3.16. The van der Waals surface area contributed by atoms with Crippen LogP contribution in [0.4, 0.5) is 0 Å². The molecule has 108 valence electrons. The third kappa shape index (κ3) is 6.36. The van der Waals surface area contributed by atoms with E-state index in [4.69, 9.17) is 21.1 Å². The topological polar surface area (TPSA) is 41.9 Å². The first-order valence-corrected chi connectivity index (χ1v) is 6.69. The minimum Gasteiger partial charge on any atom is -0.387 e. The van der Waals surface area contributed by atoms with E-state index >= 15 is 0 Å². The first kappa shape index (κ1) is 16.4. The van der Waals surface area contributed by atoms with Gasteiger partial charge < -0.3 is 14.6 Å². The van der Waals surface area contributed by atoms with Crippen LogP contribution in [0.15, 0.2) is 24.3 Å². The van der Waals surface area contributed by atoms with E-state index in [1.54, 1.807) is 26.4 Å². The van der Waals surface area contributed by atoms with E-state index in [1.807, 2.05) is 12.1 Å². The maximum absolute atomic E-state index is 10.2. The second-order valence-electron chi connectivity index (χ2n) is 4.35. The molecule has 19 heavy (non-hydrogen) atoms. The summed E-state index contributed by atoms with van der Waals surface area (Å²) in [7, 11) is 3.34. The van der Waals surface area contributed by atoms with Gasteiger partial charge in [0, 0.05) is 38.9 Å². The molecule has 0 aliphatic rings. The highest BCUT2D eigenvalue weighted by atomic mass is 35.5. The fraction of sp³-hybridized carbons (Fsp3) is 0.571. The molecule has 0 saturated carbocycles. The maximum atomic E-state index is 10.2. The van der Waals surface area contributed by atoms with E-state index in [1.165, 1.54) is 0 Å².